The van der Waals surface area contributed by atoms with E-state index in [-0.39, 0.29) is 47.8 Å². The number of halogens is 1. The number of rotatable bonds is 6. The van der Waals surface area contributed by atoms with Gasteiger partial charge in [-0.3, -0.25) is 4.79 Å². The van der Waals surface area contributed by atoms with Crippen LogP contribution in [-0.2, 0) is 14.6 Å². The van der Waals surface area contributed by atoms with Gasteiger partial charge in [0.05, 0.1) is 17.4 Å². The number of unbranched alkanes of at least 4 members (excludes halogenated alkanes) is 1. The summed E-state index contributed by atoms with van der Waals surface area (Å²) < 4.78 is 23.2. The summed E-state index contributed by atoms with van der Waals surface area (Å²) in [5.41, 5.74) is 5.79. The fraction of sp³-hybridized carbons (Fsp3) is 0.923. The monoisotopic (exact) mass is 326 g/mol. The summed E-state index contributed by atoms with van der Waals surface area (Å²) in [7, 11) is -2.97. The molecule has 0 bridgehead atoms. The van der Waals surface area contributed by atoms with Crippen LogP contribution in [0.3, 0.4) is 0 Å². The molecule has 120 valence electrons. The van der Waals surface area contributed by atoms with Crippen molar-refractivity contribution >= 4 is 28.2 Å². The highest BCUT2D eigenvalue weighted by molar-refractivity contribution is 7.91. The summed E-state index contributed by atoms with van der Waals surface area (Å²) in [6.07, 6.45) is 2.44. The maximum absolute atomic E-state index is 12.4. The molecule has 0 saturated carbocycles. The fourth-order valence-corrected chi connectivity index (χ4v) is 4.04. The molecule has 1 amide bonds. The molecule has 3 unspecified atom stereocenters. The lowest BCUT2D eigenvalue weighted by atomic mass is 10.0. The Morgan fingerprint density at radius 1 is 1.40 bits per heavy atom. The van der Waals surface area contributed by atoms with Crippen LogP contribution in [0.25, 0.3) is 0 Å². The minimum atomic E-state index is -2.97. The highest BCUT2D eigenvalue weighted by atomic mass is 35.5. The zero-order valence-corrected chi connectivity index (χ0v) is 14.2. The number of hydrogen-bond donors (Lipinski definition) is 1. The van der Waals surface area contributed by atoms with E-state index in [1.807, 2.05) is 13.8 Å². The standard InChI is InChI=1S/C13H26N2O3S.ClH/c1-4-5-7-15(13(16)10(2)11(3)14)12-6-8-19(17,18)9-12;/h10-12H,4-9,14H2,1-3H3;1H. The van der Waals surface area contributed by atoms with Crippen molar-refractivity contribution in [3.05, 3.63) is 0 Å². The van der Waals surface area contributed by atoms with Crippen LogP contribution in [0.2, 0.25) is 0 Å². The Morgan fingerprint density at radius 2 is 2.00 bits per heavy atom. The van der Waals surface area contributed by atoms with Crippen molar-refractivity contribution in [2.75, 3.05) is 18.1 Å². The van der Waals surface area contributed by atoms with Crippen molar-refractivity contribution in [2.24, 2.45) is 11.7 Å². The molecule has 1 heterocycles. The van der Waals surface area contributed by atoms with Gasteiger partial charge in [-0.2, -0.15) is 0 Å². The van der Waals surface area contributed by atoms with E-state index in [9.17, 15) is 13.2 Å². The second-order valence-electron chi connectivity index (χ2n) is 5.59. The van der Waals surface area contributed by atoms with Gasteiger partial charge in [-0.05, 0) is 19.8 Å². The van der Waals surface area contributed by atoms with E-state index in [2.05, 4.69) is 6.92 Å². The Morgan fingerprint density at radius 3 is 2.40 bits per heavy atom. The predicted octanol–water partition coefficient (Wildman–Crippen LogP) is 1.21. The number of amides is 1. The van der Waals surface area contributed by atoms with Crippen LogP contribution in [0, 0.1) is 5.92 Å². The number of hydrogen-bond acceptors (Lipinski definition) is 4. The summed E-state index contributed by atoms with van der Waals surface area (Å²) in [5, 5.41) is 0. The Bertz CT molecular complexity index is 412. The van der Waals surface area contributed by atoms with Gasteiger partial charge in [-0.25, -0.2) is 8.42 Å². The van der Waals surface area contributed by atoms with Gasteiger partial charge >= 0.3 is 0 Å². The lowest BCUT2D eigenvalue weighted by Gasteiger charge is -2.31. The van der Waals surface area contributed by atoms with Crippen LogP contribution in [0.1, 0.15) is 40.0 Å². The van der Waals surface area contributed by atoms with E-state index in [1.165, 1.54) is 0 Å². The van der Waals surface area contributed by atoms with E-state index in [4.69, 9.17) is 5.73 Å². The first-order valence-corrected chi connectivity index (χ1v) is 8.87. The normalized spacial score (nSPS) is 23.7. The molecule has 7 heteroatoms. The summed E-state index contributed by atoms with van der Waals surface area (Å²) in [6.45, 7) is 6.32. The molecule has 1 aliphatic rings. The second-order valence-corrected chi connectivity index (χ2v) is 7.82. The third-order valence-electron chi connectivity index (χ3n) is 3.86. The lowest BCUT2D eigenvalue weighted by molar-refractivity contribution is -0.137. The number of carbonyl (C=O) groups is 1. The van der Waals surface area contributed by atoms with Gasteiger partial charge in [0.2, 0.25) is 5.91 Å². The third-order valence-corrected chi connectivity index (χ3v) is 5.61. The molecule has 1 saturated heterocycles. The molecule has 0 aliphatic carbocycles. The average molecular weight is 327 g/mol. The Kier molecular flexibility index (Phi) is 8.06. The van der Waals surface area contributed by atoms with E-state index in [0.29, 0.717) is 13.0 Å². The van der Waals surface area contributed by atoms with E-state index < -0.39 is 9.84 Å². The minimum Gasteiger partial charge on any atom is -0.338 e. The smallest absolute Gasteiger partial charge is 0.227 e. The van der Waals surface area contributed by atoms with E-state index in [1.54, 1.807) is 4.90 Å². The van der Waals surface area contributed by atoms with Gasteiger partial charge in [0, 0.05) is 18.6 Å². The quantitative estimate of drug-likeness (QED) is 0.795. The van der Waals surface area contributed by atoms with Crippen LogP contribution in [0.5, 0.6) is 0 Å². The molecule has 0 spiro atoms. The lowest BCUT2D eigenvalue weighted by Crippen LogP contribution is -2.47. The van der Waals surface area contributed by atoms with Crippen LogP contribution < -0.4 is 5.73 Å². The Labute approximate surface area is 128 Å². The van der Waals surface area contributed by atoms with Gasteiger partial charge in [-0.1, -0.05) is 20.3 Å². The van der Waals surface area contributed by atoms with E-state index in [0.717, 1.165) is 12.8 Å². The van der Waals surface area contributed by atoms with Crippen LogP contribution in [0.15, 0.2) is 0 Å². The molecule has 20 heavy (non-hydrogen) atoms. The summed E-state index contributed by atoms with van der Waals surface area (Å²) >= 11 is 0. The number of nitrogens with zero attached hydrogens (tertiary/aromatic N) is 1. The molecule has 5 nitrogen and oxygen atoms in total. The molecule has 1 aliphatic heterocycles. The summed E-state index contributed by atoms with van der Waals surface area (Å²) in [4.78, 5) is 14.2. The zero-order valence-electron chi connectivity index (χ0n) is 12.5. The van der Waals surface area contributed by atoms with Gasteiger partial charge in [0.15, 0.2) is 9.84 Å². The van der Waals surface area contributed by atoms with Crippen LogP contribution in [-0.4, -0.2) is 49.4 Å². The van der Waals surface area contributed by atoms with Gasteiger partial charge in [0.25, 0.3) is 0 Å². The van der Waals surface area contributed by atoms with Gasteiger partial charge in [0.1, 0.15) is 0 Å². The van der Waals surface area contributed by atoms with Crippen molar-refractivity contribution in [1.82, 2.24) is 4.90 Å². The SMILES string of the molecule is CCCCN(C(=O)C(C)C(C)N)C1CCS(=O)(=O)C1.Cl. The van der Waals surface area contributed by atoms with Crippen molar-refractivity contribution in [3.8, 4) is 0 Å². The number of nitrogens with two attached hydrogens (primary N) is 1. The molecule has 0 radical (unpaired) electrons. The van der Waals surface area contributed by atoms with Gasteiger partial charge < -0.3 is 10.6 Å². The molecule has 3 atom stereocenters. The number of sulfone groups is 1. The fourth-order valence-electron chi connectivity index (χ4n) is 2.31. The first-order chi connectivity index (χ1) is 8.78. The maximum Gasteiger partial charge on any atom is 0.227 e. The Hall–Kier alpha value is -0.330. The number of carbonyl (C=O) groups excluding carboxylic acids is 1. The average Bonchev–Trinajstić information content (AvgIpc) is 2.68. The van der Waals surface area contributed by atoms with E-state index >= 15 is 0 Å². The second kappa shape index (κ2) is 8.20. The van der Waals surface area contributed by atoms with Gasteiger partial charge in [-0.15, -0.1) is 12.4 Å². The molecule has 0 aromatic heterocycles. The maximum atomic E-state index is 12.4. The summed E-state index contributed by atoms with van der Waals surface area (Å²) in [5.74, 6) is 0.0274. The molecule has 1 fully saturated rings. The minimum absolute atomic E-state index is 0. The van der Waals surface area contributed by atoms with Crippen molar-refractivity contribution in [3.63, 3.8) is 0 Å². The van der Waals surface area contributed by atoms with Crippen molar-refractivity contribution in [1.29, 1.82) is 0 Å². The van der Waals surface area contributed by atoms with Crippen molar-refractivity contribution < 1.29 is 13.2 Å². The first-order valence-electron chi connectivity index (χ1n) is 7.05. The summed E-state index contributed by atoms with van der Waals surface area (Å²) in [6, 6.07) is -0.375. The molecular formula is C13H27ClN2O3S. The third kappa shape index (κ3) is 5.22. The van der Waals surface area contributed by atoms with Crippen LogP contribution >= 0.6 is 12.4 Å². The Balaban J connectivity index is 0.00000361. The molecular weight excluding hydrogens is 300 g/mol. The van der Waals surface area contributed by atoms with Crippen molar-refractivity contribution in [2.45, 2.75) is 52.1 Å². The van der Waals surface area contributed by atoms with Crippen LogP contribution in [0.4, 0.5) is 0 Å². The predicted molar refractivity (Wildman–Crippen MR) is 83.7 cm³/mol. The topological polar surface area (TPSA) is 80.5 Å². The highest BCUT2D eigenvalue weighted by Gasteiger charge is 2.36. The largest absolute Gasteiger partial charge is 0.338 e. The molecule has 1 rings (SSSR count). The molecule has 2 N–H and O–H groups in total. The molecule has 0 aromatic rings. The highest BCUT2D eigenvalue weighted by Crippen LogP contribution is 2.21. The first kappa shape index (κ1) is 19.7. The zero-order chi connectivity index (χ0) is 14.6. The molecule has 0 aromatic carbocycles.